The van der Waals surface area contributed by atoms with Gasteiger partial charge in [0.15, 0.2) is 17.1 Å². The molecule has 0 spiro atoms. The first-order valence-corrected chi connectivity index (χ1v) is 10.7. The second-order valence-electron chi connectivity index (χ2n) is 9.16. The van der Waals surface area contributed by atoms with E-state index in [2.05, 4.69) is 5.32 Å². The fraction of sp³-hybridized carbons (Fsp3) is 0.333. The maximum atomic E-state index is 13.8. The highest BCUT2D eigenvalue weighted by molar-refractivity contribution is 6.25. The number of amides is 2. The number of ketones is 2. The highest BCUT2D eigenvalue weighted by atomic mass is 16.3. The summed E-state index contributed by atoms with van der Waals surface area (Å²) >= 11 is 0. The van der Waals surface area contributed by atoms with E-state index in [0.717, 1.165) is 0 Å². The lowest BCUT2D eigenvalue weighted by molar-refractivity contribution is -0.132. The molecule has 2 aliphatic rings. The molecule has 2 aromatic carbocycles. The van der Waals surface area contributed by atoms with Gasteiger partial charge in [-0.05, 0) is 50.0 Å². The van der Waals surface area contributed by atoms with Crippen LogP contribution < -0.4 is 11.1 Å². The van der Waals surface area contributed by atoms with Crippen molar-refractivity contribution < 1.29 is 39.6 Å². The highest BCUT2D eigenvalue weighted by Crippen LogP contribution is 2.51. The molecule has 0 saturated heterocycles. The third kappa shape index (κ3) is 3.12. The molecular weight excluding hydrogens is 458 g/mol. The smallest absolute Gasteiger partial charge is 0.255 e. The summed E-state index contributed by atoms with van der Waals surface area (Å²) in [5.41, 5.74) is 2.11. The second kappa shape index (κ2) is 7.79. The number of nitrogens with two attached hydrogens (primary N) is 1. The maximum absolute atomic E-state index is 13.8. The minimum Gasteiger partial charge on any atom is -0.508 e. The number of aliphatic hydroxyl groups is 2. The van der Waals surface area contributed by atoms with Gasteiger partial charge < -0.3 is 31.5 Å². The van der Waals surface area contributed by atoms with Gasteiger partial charge in [-0.3, -0.25) is 24.1 Å². The number of benzene rings is 2. The van der Waals surface area contributed by atoms with Crippen LogP contribution in [0.2, 0.25) is 0 Å². The number of phenols is 2. The topological polar surface area (TPSA) is 190 Å². The lowest BCUT2D eigenvalue weighted by Crippen LogP contribution is -2.64. The van der Waals surface area contributed by atoms with Gasteiger partial charge in [0.05, 0.1) is 22.7 Å². The molecule has 11 heteroatoms. The normalized spacial score (nSPS) is 23.9. The number of nitrogens with zero attached hydrogens (tertiary/aromatic N) is 1. The van der Waals surface area contributed by atoms with Gasteiger partial charge in [0.1, 0.15) is 17.1 Å². The number of likely N-dealkylation sites (N-methyl/N-ethyl adjacent to an activating group) is 1. The van der Waals surface area contributed by atoms with Gasteiger partial charge in [-0.1, -0.05) is 6.07 Å². The molecule has 184 valence electrons. The van der Waals surface area contributed by atoms with Gasteiger partial charge in [0, 0.05) is 12.8 Å². The third-order valence-electron chi connectivity index (χ3n) is 6.95. The van der Waals surface area contributed by atoms with Crippen LogP contribution in [0.15, 0.2) is 23.5 Å². The van der Waals surface area contributed by atoms with E-state index in [4.69, 9.17) is 5.73 Å². The van der Waals surface area contributed by atoms with Crippen LogP contribution in [0.4, 0.5) is 5.69 Å². The van der Waals surface area contributed by atoms with Crippen molar-refractivity contribution in [1.82, 2.24) is 4.90 Å². The van der Waals surface area contributed by atoms with Crippen LogP contribution in [-0.4, -0.2) is 74.4 Å². The number of primary amides is 1. The molecule has 3 unspecified atom stereocenters. The quantitative estimate of drug-likeness (QED) is 0.265. The molecule has 0 fully saturated rings. The first kappa shape index (κ1) is 24.2. The highest BCUT2D eigenvalue weighted by Gasteiger charge is 2.62. The Kier molecular flexibility index (Phi) is 5.38. The van der Waals surface area contributed by atoms with Crippen molar-refractivity contribution in [2.24, 2.45) is 11.7 Å². The third-order valence-corrected chi connectivity index (χ3v) is 6.95. The van der Waals surface area contributed by atoms with Gasteiger partial charge in [-0.2, -0.15) is 0 Å². The zero-order valence-electron chi connectivity index (χ0n) is 19.5. The van der Waals surface area contributed by atoms with E-state index in [9.17, 15) is 39.6 Å². The number of nitrogens with one attached hydrogen (secondary N) is 1. The number of hydrogen-bond acceptors (Lipinski definition) is 9. The van der Waals surface area contributed by atoms with Gasteiger partial charge >= 0.3 is 0 Å². The van der Waals surface area contributed by atoms with Crippen molar-refractivity contribution in [3.05, 3.63) is 40.2 Å². The first-order valence-electron chi connectivity index (χ1n) is 10.7. The summed E-state index contributed by atoms with van der Waals surface area (Å²) in [6.45, 7) is 2.88. The van der Waals surface area contributed by atoms with Crippen LogP contribution in [0.5, 0.6) is 11.5 Å². The fourth-order valence-electron chi connectivity index (χ4n) is 5.37. The number of phenolic OH excluding ortho intramolecular Hbond substituents is 2. The van der Waals surface area contributed by atoms with Crippen LogP contribution in [0.25, 0.3) is 10.8 Å². The van der Waals surface area contributed by atoms with Crippen molar-refractivity contribution in [3.8, 4) is 11.5 Å². The Labute approximate surface area is 199 Å². The summed E-state index contributed by atoms with van der Waals surface area (Å²) in [6.07, 6.45) is -0.119. The zero-order chi connectivity index (χ0) is 26.1. The molecule has 2 aliphatic carbocycles. The van der Waals surface area contributed by atoms with E-state index < -0.39 is 63.8 Å². The Morgan fingerprint density at radius 1 is 1.14 bits per heavy atom. The largest absolute Gasteiger partial charge is 0.508 e. The number of aryl methyl sites for hydroxylation is 1. The van der Waals surface area contributed by atoms with E-state index >= 15 is 0 Å². The molecule has 7 N–H and O–H groups in total. The second-order valence-corrected chi connectivity index (χ2v) is 9.16. The van der Waals surface area contributed by atoms with Gasteiger partial charge in [-0.25, -0.2) is 0 Å². The summed E-state index contributed by atoms with van der Waals surface area (Å²) in [4.78, 5) is 51.8. The van der Waals surface area contributed by atoms with Crippen molar-refractivity contribution in [2.45, 2.75) is 31.9 Å². The number of aliphatic hydroxyl groups excluding tert-OH is 1. The standard InChI is InChI=1S/C24H25N3O8/c1-8-10-5-6-13(26-9(2)28)18(29)14(10)19(30)15-11(8)7-12-17(27(3)4)20(31)16(23(25)34)22(33)24(12,35)21(15)32/h5-6,12,17,29-30,33,35H,7H2,1-4H3,(H2,25,34)(H,26,28). The number of Topliss-reactive ketones (excluding diaryl/α,β-unsaturated/α-hetero) is 2. The molecule has 4 rings (SSSR count). The number of carbonyl (C=O) groups is 4. The number of rotatable bonds is 3. The lowest BCUT2D eigenvalue weighted by atomic mass is 9.61. The Balaban J connectivity index is 2.08. The fourth-order valence-corrected chi connectivity index (χ4v) is 5.37. The Bertz CT molecular complexity index is 1390. The lowest BCUT2D eigenvalue weighted by Gasteiger charge is -2.47. The van der Waals surface area contributed by atoms with Crippen molar-refractivity contribution in [1.29, 1.82) is 0 Å². The SMILES string of the molecule is CC(=O)Nc1ccc2c(C)c3c(c(O)c2c1O)C(=O)C1(O)C(O)=C(C(N)=O)C(=O)C(N(C)C)C1C3. The van der Waals surface area contributed by atoms with Gasteiger partial charge in [0.25, 0.3) is 5.91 Å². The Hall–Kier alpha value is -3.96. The van der Waals surface area contributed by atoms with Gasteiger partial charge in [0.2, 0.25) is 11.7 Å². The van der Waals surface area contributed by atoms with Crippen LogP contribution in [0.1, 0.15) is 28.4 Å². The molecule has 3 atom stereocenters. The molecule has 0 heterocycles. The van der Waals surface area contributed by atoms with E-state index in [-0.39, 0.29) is 23.1 Å². The molecule has 2 amide bonds. The average Bonchev–Trinajstić information content (AvgIpc) is 2.75. The monoisotopic (exact) mass is 483 g/mol. The van der Waals surface area contributed by atoms with E-state index in [1.807, 2.05) is 0 Å². The van der Waals surface area contributed by atoms with Crippen LogP contribution in [0, 0.1) is 12.8 Å². The molecule has 35 heavy (non-hydrogen) atoms. The number of hydrogen-bond donors (Lipinski definition) is 6. The van der Waals surface area contributed by atoms with Crippen LogP contribution in [-0.2, 0) is 20.8 Å². The predicted molar refractivity (Wildman–Crippen MR) is 124 cm³/mol. The predicted octanol–water partition coefficient (Wildman–Crippen LogP) is 0.414. The Morgan fingerprint density at radius 2 is 1.77 bits per heavy atom. The van der Waals surface area contributed by atoms with E-state index in [1.54, 1.807) is 13.0 Å². The molecule has 0 aliphatic heterocycles. The maximum Gasteiger partial charge on any atom is 0.255 e. The van der Waals surface area contributed by atoms with Crippen molar-refractivity contribution >= 4 is 39.8 Å². The molecule has 0 aromatic heterocycles. The summed E-state index contributed by atoms with van der Waals surface area (Å²) < 4.78 is 0. The molecule has 0 radical (unpaired) electrons. The van der Waals surface area contributed by atoms with Crippen molar-refractivity contribution in [3.63, 3.8) is 0 Å². The Morgan fingerprint density at radius 3 is 2.31 bits per heavy atom. The average molecular weight is 483 g/mol. The number of anilines is 1. The van der Waals surface area contributed by atoms with Crippen molar-refractivity contribution in [2.75, 3.05) is 19.4 Å². The number of fused-ring (bicyclic) bond motifs is 3. The number of aromatic hydroxyl groups is 2. The number of carbonyl (C=O) groups excluding carboxylic acids is 4. The summed E-state index contributed by atoms with van der Waals surface area (Å²) in [6, 6.07) is 1.82. The molecule has 11 nitrogen and oxygen atoms in total. The minimum absolute atomic E-state index is 0.00538. The first-order chi connectivity index (χ1) is 16.2. The van der Waals surface area contributed by atoms with E-state index in [1.165, 1.54) is 32.0 Å². The molecular formula is C24H25N3O8. The summed E-state index contributed by atoms with van der Waals surface area (Å²) in [7, 11) is 3.05. The molecule has 0 saturated carbocycles. The summed E-state index contributed by atoms with van der Waals surface area (Å²) in [5.74, 6) is -7.28. The van der Waals surface area contributed by atoms with Gasteiger partial charge in [-0.15, -0.1) is 0 Å². The zero-order valence-corrected chi connectivity index (χ0v) is 19.5. The summed E-state index contributed by atoms with van der Waals surface area (Å²) in [5, 5.41) is 47.0. The minimum atomic E-state index is -2.73. The van der Waals surface area contributed by atoms with Crippen LogP contribution in [0.3, 0.4) is 0 Å². The van der Waals surface area contributed by atoms with E-state index in [0.29, 0.717) is 16.5 Å². The molecule has 0 bridgehead atoms. The van der Waals surface area contributed by atoms with Crippen LogP contribution >= 0.6 is 0 Å². The molecule has 2 aromatic rings.